The highest BCUT2D eigenvalue weighted by atomic mass is 32.2. The third-order valence-electron chi connectivity index (χ3n) is 3.02. The van der Waals surface area contributed by atoms with Crippen LogP contribution in [0.4, 0.5) is 8.78 Å². The van der Waals surface area contributed by atoms with Crippen molar-refractivity contribution in [3.8, 4) is 5.75 Å². The highest BCUT2D eigenvalue weighted by Gasteiger charge is 2.22. The molecule has 1 aromatic carbocycles. The molecule has 0 aliphatic carbocycles. The SMILES string of the molecule is CC1CNC(c2cccc(OC(F)F)c2)CS(=O)C1. The smallest absolute Gasteiger partial charge is 0.387 e. The van der Waals surface area contributed by atoms with Gasteiger partial charge < -0.3 is 10.1 Å². The fourth-order valence-electron chi connectivity index (χ4n) is 2.15. The predicted molar refractivity (Wildman–Crippen MR) is 70.9 cm³/mol. The topological polar surface area (TPSA) is 38.3 Å². The monoisotopic (exact) mass is 289 g/mol. The first kappa shape index (κ1) is 14.4. The molecular weight excluding hydrogens is 272 g/mol. The summed E-state index contributed by atoms with van der Waals surface area (Å²) in [7, 11) is -0.887. The zero-order chi connectivity index (χ0) is 13.8. The Hall–Kier alpha value is -1.01. The molecule has 6 heteroatoms. The van der Waals surface area contributed by atoms with E-state index in [-0.39, 0.29) is 11.8 Å². The van der Waals surface area contributed by atoms with Crippen LogP contribution in [0.3, 0.4) is 0 Å². The number of alkyl halides is 2. The highest BCUT2D eigenvalue weighted by Crippen LogP contribution is 2.23. The molecule has 0 saturated carbocycles. The molecule has 3 nitrogen and oxygen atoms in total. The van der Waals surface area contributed by atoms with Crippen molar-refractivity contribution in [2.45, 2.75) is 19.6 Å². The van der Waals surface area contributed by atoms with E-state index >= 15 is 0 Å². The fraction of sp³-hybridized carbons (Fsp3) is 0.538. The van der Waals surface area contributed by atoms with Crippen molar-refractivity contribution in [2.75, 3.05) is 18.1 Å². The van der Waals surface area contributed by atoms with Gasteiger partial charge in [-0.3, -0.25) is 4.21 Å². The van der Waals surface area contributed by atoms with Crippen LogP contribution in [0, 0.1) is 5.92 Å². The fourth-order valence-corrected chi connectivity index (χ4v) is 3.72. The first-order valence-corrected chi connectivity index (χ1v) is 7.66. The summed E-state index contributed by atoms with van der Waals surface area (Å²) in [6.45, 7) is -0.00792. The molecule has 1 fully saturated rings. The van der Waals surface area contributed by atoms with Gasteiger partial charge in [0.2, 0.25) is 0 Å². The van der Waals surface area contributed by atoms with E-state index in [0.29, 0.717) is 17.4 Å². The van der Waals surface area contributed by atoms with Crippen LogP contribution in [-0.2, 0) is 10.8 Å². The van der Waals surface area contributed by atoms with Crippen molar-refractivity contribution >= 4 is 10.8 Å². The van der Waals surface area contributed by atoms with Gasteiger partial charge in [0.25, 0.3) is 0 Å². The van der Waals surface area contributed by atoms with Crippen molar-refractivity contribution in [2.24, 2.45) is 5.92 Å². The Balaban J connectivity index is 2.14. The second-order valence-corrected chi connectivity index (χ2v) is 6.34. The number of halogens is 2. The Bertz CT molecular complexity index is 456. The van der Waals surface area contributed by atoms with Crippen LogP contribution in [-0.4, -0.2) is 28.9 Å². The van der Waals surface area contributed by atoms with E-state index in [1.807, 2.05) is 13.0 Å². The molecule has 3 atom stereocenters. The third kappa shape index (κ3) is 4.24. The van der Waals surface area contributed by atoms with Gasteiger partial charge in [-0.25, -0.2) is 0 Å². The number of nitrogens with one attached hydrogen (secondary N) is 1. The predicted octanol–water partition coefficient (Wildman–Crippen LogP) is 2.32. The molecule has 0 radical (unpaired) electrons. The zero-order valence-electron chi connectivity index (χ0n) is 10.6. The Morgan fingerprint density at radius 2 is 2.21 bits per heavy atom. The van der Waals surface area contributed by atoms with E-state index in [1.165, 1.54) is 6.07 Å². The maximum atomic E-state index is 12.2. The first-order chi connectivity index (χ1) is 9.04. The van der Waals surface area contributed by atoms with Crippen molar-refractivity contribution < 1.29 is 17.7 Å². The molecular formula is C13H17F2NO2S. The van der Waals surface area contributed by atoms with Crippen LogP contribution >= 0.6 is 0 Å². The van der Waals surface area contributed by atoms with E-state index < -0.39 is 17.4 Å². The lowest BCUT2D eigenvalue weighted by molar-refractivity contribution is -0.0499. The second-order valence-electron chi connectivity index (χ2n) is 4.79. The number of ether oxygens (including phenoxy) is 1. The van der Waals surface area contributed by atoms with Gasteiger partial charge in [0.15, 0.2) is 0 Å². The molecule has 1 aliphatic rings. The summed E-state index contributed by atoms with van der Waals surface area (Å²) in [6.07, 6.45) is 0. The van der Waals surface area contributed by atoms with Gasteiger partial charge in [0.05, 0.1) is 0 Å². The van der Waals surface area contributed by atoms with Crippen molar-refractivity contribution in [1.29, 1.82) is 0 Å². The van der Waals surface area contributed by atoms with Crippen molar-refractivity contribution in [3.05, 3.63) is 29.8 Å². The largest absolute Gasteiger partial charge is 0.435 e. The molecule has 0 bridgehead atoms. The minimum absolute atomic E-state index is 0.0768. The summed E-state index contributed by atoms with van der Waals surface area (Å²) in [5.74, 6) is 1.67. The summed E-state index contributed by atoms with van der Waals surface area (Å²) in [5.41, 5.74) is 0.834. The number of rotatable bonds is 3. The summed E-state index contributed by atoms with van der Waals surface area (Å²) >= 11 is 0. The highest BCUT2D eigenvalue weighted by molar-refractivity contribution is 7.85. The lowest BCUT2D eigenvalue weighted by Gasteiger charge is -2.17. The third-order valence-corrected chi connectivity index (χ3v) is 4.67. The van der Waals surface area contributed by atoms with E-state index in [1.54, 1.807) is 12.1 Å². The van der Waals surface area contributed by atoms with Gasteiger partial charge in [-0.15, -0.1) is 0 Å². The van der Waals surface area contributed by atoms with Crippen LogP contribution in [0.5, 0.6) is 5.75 Å². The molecule has 1 heterocycles. The molecule has 106 valence electrons. The first-order valence-electron chi connectivity index (χ1n) is 6.17. The summed E-state index contributed by atoms with van der Waals surface area (Å²) < 4.78 is 40.6. The van der Waals surface area contributed by atoms with Crippen LogP contribution in [0.2, 0.25) is 0 Å². The van der Waals surface area contributed by atoms with Crippen LogP contribution in [0.1, 0.15) is 18.5 Å². The molecule has 1 saturated heterocycles. The summed E-state index contributed by atoms with van der Waals surface area (Å²) in [6, 6.07) is 6.50. The zero-order valence-corrected chi connectivity index (χ0v) is 11.5. The van der Waals surface area contributed by atoms with E-state index in [0.717, 1.165) is 12.1 Å². The molecule has 2 rings (SSSR count). The van der Waals surface area contributed by atoms with E-state index in [9.17, 15) is 13.0 Å². The molecule has 19 heavy (non-hydrogen) atoms. The molecule has 1 aliphatic heterocycles. The Kier molecular flexibility index (Phi) is 4.87. The number of benzene rings is 1. The van der Waals surface area contributed by atoms with Crippen LogP contribution in [0.15, 0.2) is 24.3 Å². The van der Waals surface area contributed by atoms with Gasteiger partial charge in [-0.05, 0) is 30.2 Å². The van der Waals surface area contributed by atoms with Crippen molar-refractivity contribution in [1.82, 2.24) is 5.32 Å². The Labute approximate surface area is 113 Å². The van der Waals surface area contributed by atoms with Crippen LogP contribution in [0.25, 0.3) is 0 Å². The van der Waals surface area contributed by atoms with Gasteiger partial charge in [0.1, 0.15) is 5.75 Å². The standard InChI is InChI=1S/C13H17F2NO2S/c1-9-6-16-12(8-19(17)7-9)10-3-2-4-11(5-10)18-13(14)15/h2-5,9,12-13,16H,6-8H2,1H3. The van der Waals surface area contributed by atoms with Crippen LogP contribution < -0.4 is 10.1 Å². The van der Waals surface area contributed by atoms with Gasteiger partial charge in [-0.2, -0.15) is 8.78 Å². The normalized spacial score (nSPS) is 28.1. The maximum Gasteiger partial charge on any atom is 0.387 e. The van der Waals surface area contributed by atoms with E-state index in [2.05, 4.69) is 10.1 Å². The molecule has 0 spiro atoms. The van der Waals surface area contributed by atoms with E-state index in [4.69, 9.17) is 0 Å². The summed E-state index contributed by atoms with van der Waals surface area (Å²) in [4.78, 5) is 0. The van der Waals surface area contributed by atoms with Gasteiger partial charge >= 0.3 is 6.61 Å². The Morgan fingerprint density at radius 1 is 1.42 bits per heavy atom. The number of hydrogen-bond acceptors (Lipinski definition) is 3. The van der Waals surface area contributed by atoms with Gasteiger partial charge in [-0.1, -0.05) is 19.1 Å². The van der Waals surface area contributed by atoms with Gasteiger partial charge in [0, 0.05) is 28.3 Å². The molecule has 0 aromatic heterocycles. The lowest BCUT2D eigenvalue weighted by atomic mass is 10.1. The number of hydrogen-bond donors (Lipinski definition) is 1. The molecule has 1 N–H and O–H groups in total. The van der Waals surface area contributed by atoms with Crippen molar-refractivity contribution in [3.63, 3.8) is 0 Å². The average molecular weight is 289 g/mol. The maximum absolute atomic E-state index is 12.2. The average Bonchev–Trinajstić information content (AvgIpc) is 2.49. The lowest BCUT2D eigenvalue weighted by Crippen LogP contribution is -2.25. The molecule has 1 aromatic rings. The quantitative estimate of drug-likeness (QED) is 0.928. The molecule has 0 amide bonds. The second kappa shape index (κ2) is 6.43. The minimum atomic E-state index is -2.83. The Morgan fingerprint density at radius 3 is 2.95 bits per heavy atom. The summed E-state index contributed by atoms with van der Waals surface area (Å²) in [5, 5.41) is 3.32. The molecule has 3 unspecified atom stereocenters. The minimum Gasteiger partial charge on any atom is -0.435 e.